The maximum Gasteiger partial charge on any atom is 0.0724 e. The van der Waals surface area contributed by atoms with Crippen LogP contribution in [0.1, 0.15) is 13.8 Å². The molecule has 4 heteroatoms. The minimum atomic E-state index is 0.783. The van der Waals surface area contributed by atoms with Gasteiger partial charge >= 0.3 is 0 Å². The van der Waals surface area contributed by atoms with E-state index < -0.39 is 0 Å². The molecule has 0 aliphatic heterocycles. The second-order valence-corrected chi connectivity index (χ2v) is 4.55. The lowest BCUT2D eigenvalue weighted by atomic mass is 10.1. The molecule has 0 aliphatic rings. The van der Waals surface area contributed by atoms with E-state index in [0.717, 1.165) is 48.5 Å². The van der Waals surface area contributed by atoms with Crippen molar-refractivity contribution in [2.24, 2.45) is 0 Å². The highest BCUT2D eigenvalue weighted by molar-refractivity contribution is 5.96. The van der Waals surface area contributed by atoms with Crippen LogP contribution in [-0.2, 0) is 0 Å². The number of pyridine rings is 1. The lowest BCUT2D eigenvalue weighted by Crippen LogP contribution is -2.28. The number of benzene rings is 1. The summed E-state index contributed by atoms with van der Waals surface area (Å²) in [6, 6.07) is 7.93. The van der Waals surface area contributed by atoms with Crippen molar-refractivity contribution in [3.05, 3.63) is 30.5 Å². The van der Waals surface area contributed by atoms with Crippen LogP contribution in [0.2, 0.25) is 0 Å². The Hall–Kier alpha value is -1.81. The number of hydrogen-bond donors (Lipinski definition) is 2. The van der Waals surface area contributed by atoms with Gasteiger partial charge in [-0.3, -0.25) is 4.98 Å². The number of nitrogens with one attached hydrogen (secondary N) is 1. The normalized spacial score (nSPS) is 11.1. The Bertz CT molecular complexity index is 535. The predicted octanol–water partition coefficient (Wildman–Crippen LogP) is 2.57. The van der Waals surface area contributed by atoms with Gasteiger partial charge in [-0.1, -0.05) is 13.8 Å². The van der Waals surface area contributed by atoms with E-state index in [1.54, 1.807) is 6.20 Å². The van der Waals surface area contributed by atoms with Gasteiger partial charge in [-0.05, 0) is 37.4 Å². The molecule has 0 amide bonds. The van der Waals surface area contributed by atoms with Gasteiger partial charge in [0.1, 0.15) is 0 Å². The van der Waals surface area contributed by atoms with Crippen molar-refractivity contribution < 1.29 is 0 Å². The first-order valence-electron chi connectivity index (χ1n) is 6.85. The third-order valence-electron chi connectivity index (χ3n) is 3.46. The van der Waals surface area contributed by atoms with E-state index in [1.807, 2.05) is 24.3 Å². The maximum atomic E-state index is 6.18. The molecule has 0 atom stereocenters. The van der Waals surface area contributed by atoms with Crippen LogP contribution in [0.5, 0.6) is 0 Å². The third-order valence-corrected chi connectivity index (χ3v) is 3.46. The summed E-state index contributed by atoms with van der Waals surface area (Å²) in [7, 11) is 0. The van der Waals surface area contributed by atoms with Gasteiger partial charge in [0.2, 0.25) is 0 Å². The minimum Gasteiger partial charge on any atom is -0.397 e. The summed E-state index contributed by atoms with van der Waals surface area (Å²) < 4.78 is 0. The fourth-order valence-corrected chi connectivity index (χ4v) is 2.22. The van der Waals surface area contributed by atoms with Gasteiger partial charge in [0.05, 0.1) is 16.9 Å². The third kappa shape index (κ3) is 3.15. The van der Waals surface area contributed by atoms with Gasteiger partial charge in [-0.2, -0.15) is 0 Å². The fraction of sp³-hybridized carbons (Fsp3) is 0.400. The monoisotopic (exact) mass is 258 g/mol. The first-order chi connectivity index (χ1) is 9.26. The molecule has 0 spiro atoms. The Morgan fingerprint density at radius 2 is 2.00 bits per heavy atom. The Balaban J connectivity index is 2.07. The predicted molar refractivity (Wildman–Crippen MR) is 82.4 cm³/mol. The van der Waals surface area contributed by atoms with Crippen LogP contribution in [0.15, 0.2) is 30.5 Å². The van der Waals surface area contributed by atoms with Gasteiger partial charge < -0.3 is 16.0 Å². The number of rotatable bonds is 6. The summed E-state index contributed by atoms with van der Waals surface area (Å²) in [6.07, 6.45) is 1.79. The van der Waals surface area contributed by atoms with Gasteiger partial charge in [0, 0.05) is 24.7 Å². The second-order valence-electron chi connectivity index (χ2n) is 4.55. The molecular formula is C15H22N4. The van der Waals surface area contributed by atoms with Gasteiger partial charge in [-0.25, -0.2) is 0 Å². The number of anilines is 2. The molecule has 2 rings (SSSR count). The second kappa shape index (κ2) is 6.38. The molecule has 1 heterocycles. The highest BCUT2D eigenvalue weighted by Crippen LogP contribution is 2.27. The summed E-state index contributed by atoms with van der Waals surface area (Å²) in [5.41, 5.74) is 8.90. The molecule has 102 valence electrons. The number of nitrogens with zero attached hydrogens (tertiary/aromatic N) is 2. The summed E-state index contributed by atoms with van der Waals surface area (Å²) in [5, 5.41) is 4.42. The van der Waals surface area contributed by atoms with Crippen LogP contribution >= 0.6 is 0 Å². The Labute approximate surface area is 114 Å². The van der Waals surface area contributed by atoms with Crippen LogP contribution in [0.4, 0.5) is 11.4 Å². The van der Waals surface area contributed by atoms with Crippen molar-refractivity contribution in [1.82, 2.24) is 9.88 Å². The minimum absolute atomic E-state index is 0.783. The number of nitrogens with two attached hydrogens (primary N) is 1. The van der Waals surface area contributed by atoms with Crippen molar-refractivity contribution in [3.63, 3.8) is 0 Å². The molecule has 0 saturated heterocycles. The van der Waals surface area contributed by atoms with Gasteiger partial charge in [0.15, 0.2) is 0 Å². The molecule has 0 bridgehead atoms. The van der Waals surface area contributed by atoms with Crippen molar-refractivity contribution in [2.75, 3.05) is 37.2 Å². The topological polar surface area (TPSA) is 54.2 Å². The van der Waals surface area contributed by atoms with E-state index in [2.05, 4.69) is 29.0 Å². The van der Waals surface area contributed by atoms with E-state index in [-0.39, 0.29) is 0 Å². The Morgan fingerprint density at radius 3 is 2.74 bits per heavy atom. The highest BCUT2D eigenvalue weighted by Gasteiger charge is 2.05. The van der Waals surface area contributed by atoms with E-state index in [1.165, 1.54) is 0 Å². The lowest BCUT2D eigenvalue weighted by molar-refractivity contribution is 0.316. The molecule has 1 aromatic heterocycles. The smallest absolute Gasteiger partial charge is 0.0724 e. The zero-order chi connectivity index (χ0) is 13.7. The Morgan fingerprint density at radius 1 is 1.21 bits per heavy atom. The maximum absolute atomic E-state index is 6.18. The lowest BCUT2D eigenvalue weighted by Gasteiger charge is -2.19. The zero-order valence-electron chi connectivity index (χ0n) is 11.7. The van der Waals surface area contributed by atoms with E-state index in [0.29, 0.717) is 0 Å². The molecular weight excluding hydrogens is 236 g/mol. The summed E-state index contributed by atoms with van der Waals surface area (Å²) in [4.78, 5) is 6.68. The highest BCUT2D eigenvalue weighted by atomic mass is 15.1. The first-order valence-corrected chi connectivity index (χ1v) is 6.85. The largest absolute Gasteiger partial charge is 0.397 e. The number of fused-ring (bicyclic) bond motifs is 1. The molecule has 4 nitrogen and oxygen atoms in total. The van der Waals surface area contributed by atoms with Crippen molar-refractivity contribution in [1.29, 1.82) is 0 Å². The quantitative estimate of drug-likeness (QED) is 0.782. The summed E-state index contributed by atoms with van der Waals surface area (Å²) in [6.45, 7) is 8.44. The molecule has 0 unspecified atom stereocenters. The van der Waals surface area contributed by atoms with Gasteiger partial charge in [-0.15, -0.1) is 0 Å². The molecule has 0 fully saturated rings. The average Bonchev–Trinajstić information content (AvgIpc) is 2.46. The molecule has 0 saturated carbocycles. The van der Waals surface area contributed by atoms with Crippen molar-refractivity contribution in [2.45, 2.75) is 13.8 Å². The standard InChI is InChI=1S/C15H22N4/c1-3-19(4-2)11-10-18-14-8-7-13-12(15(14)16)6-5-9-17-13/h5-9,18H,3-4,10-11,16H2,1-2H3. The molecule has 19 heavy (non-hydrogen) atoms. The van der Waals surface area contributed by atoms with Crippen LogP contribution in [-0.4, -0.2) is 36.1 Å². The van der Waals surface area contributed by atoms with Crippen molar-refractivity contribution in [3.8, 4) is 0 Å². The van der Waals surface area contributed by atoms with E-state index >= 15 is 0 Å². The van der Waals surface area contributed by atoms with Crippen molar-refractivity contribution >= 4 is 22.3 Å². The van der Waals surface area contributed by atoms with E-state index in [4.69, 9.17) is 5.73 Å². The first kappa shape index (κ1) is 13.6. The van der Waals surface area contributed by atoms with Crippen LogP contribution in [0.3, 0.4) is 0 Å². The number of aromatic nitrogens is 1. The van der Waals surface area contributed by atoms with Crippen LogP contribution in [0.25, 0.3) is 10.9 Å². The summed E-state index contributed by atoms with van der Waals surface area (Å²) in [5.74, 6) is 0. The van der Waals surface area contributed by atoms with E-state index in [9.17, 15) is 0 Å². The average molecular weight is 258 g/mol. The molecule has 0 aliphatic carbocycles. The van der Waals surface area contributed by atoms with Gasteiger partial charge in [0.25, 0.3) is 0 Å². The SMILES string of the molecule is CCN(CC)CCNc1ccc2ncccc2c1N. The van der Waals surface area contributed by atoms with Crippen LogP contribution < -0.4 is 11.1 Å². The zero-order valence-corrected chi connectivity index (χ0v) is 11.7. The molecule has 0 radical (unpaired) electrons. The fourth-order valence-electron chi connectivity index (χ4n) is 2.22. The number of nitrogen functional groups attached to an aromatic ring is 1. The summed E-state index contributed by atoms with van der Waals surface area (Å²) >= 11 is 0. The number of likely N-dealkylation sites (N-methyl/N-ethyl adjacent to an activating group) is 1. The molecule has 1 aromatic carbocycles. The van der Waals surface area contributed by atoms with Crippen LogP contribution in [0, 0.1) is 0 Å². The molecule has 3 N–H and O–H groups in total. The number of hydrogen-bond acceptors (Lipinski definition) is 4. The molecule has 2 aromatic rings. The Kier molecular flexibility index (Phi) is 4.58.